The van der Waals surface area contributed by atoms with Gasteiger partial charge in [0.25, 0.3) is 17.7 Å². The van der Waals surface area contributed by atoms with Crippen LogP contribution in [0.4, 0.5) is 0 Å². The van der Waals surface area contributed by atoms with Crippen molar-refractivity contribution in [3.63, 3.8) is 0 Å². The van der Waals surface area contributed by atoms with Crippen molar-refractivity contribution in [3.8, 4) is 5.69 Å². The number of nitrogens with one attached hydrogen (secondary N) is 1. The Morgan fingerprint density at radius 2 is 1.57 bits per heavy atom. The number of halogens is 1. The fourth-order valence-electron chi connectivity index (χ4n) is 6.59. The molecule has 0 aliphatic carbocycles. The van der Waals surface area contributed by atoms with Crippen LogP contribution in [-0.2, 0) is 35.2 Å². The van der Waals surface area contributed by atoms with E-state index in [0.717, 1.165) is 47.6 Å². The first-order chi connectivity index (χ1) is 26.1. The number of aliphatic carboxylic acids is 1. The van der Waals surface area contributed by atoms with Gasteiger partial charge in [-0.3, -0.25) is 23.9 Å². The summed E-state index contributed by atoms with van der Waals surface area (Å²) in [6, 6.07) is 25.0. The van der Waals surface area contributed by atoms with Gasteiger partial charge in [0.15, 0.2) is 16.7 Å². The zero-order chi connectivity index (χ0) is 38.4. The van der Waals surface area contributed by atoms with Crippen molar-refractivity contribution in [2.24, 2.45) is 0 Å². The number of rotatable bonds is 14. The number of amides is 3. The van der Waals surface area contributed by atoms with Crippen LogP contribution >= 0.6 is 11.6 Å². The summed E-state index contributed by atoms with van der Waals surface area (Å²) in [4.78, 5) is 58.0. The average Bonchev–Trinajstić information content (AvgIpc) is 3.50. The summed E-state index contributed by atoms with van der Waals surface area (Å²) in [5, 5.41) is 16.2. The zero-order valence-corrected chi connectivity index (χ0v) is 31.8. The lowest BCUT2D eigenvalue weighted by molar-refractivity contribution is -0.136. The Hall–Kier alpha value is -5.33. The van der Waals surface area contributed by atoms with Crippen LogP contribution in [0.5, 0.6) is 0 Å². The highest BCUT2D eigenvalue weighted by Gasteiger charge is 2.31. The van der Waals surface area contributed by atoms with E-state index >= 15 is 0 Å². The van der Waals surface area contributed by atoms with Gasteiger partial charge in [0.2, 0.25) is 0 Å². The first-order valence-electron chi connectivity index (χ1n) is 18.1. The predicted octanol–water partition coefficient (Wildman–Crippen LogP) is 7.00. The molecule has 0 fully saturated rings. The Morgan fingerprint density at radius 3 is 2.28 bits per heavy atom. The number of carbonyl (C=O) groups excluding carboxylic acids is 3. The second-order valence-electron chi connectivity index (χ2n) is 13.3. The van der Waals surface area contributed by atoms with Gasteiger partial charge in [-0.15, -0.1) is 0 Å². The molecule has 3 amide bonds. The molecule has 1 aliphatic rings. The zero-order valence-electron chi connectivity index (χ0n) is 30.2. The standard InChI is InChI=1S/C41H42ClN5O6S/c1-3-5-20-45(21-6-4-2)41(52)38-37(42)35(25-36(48)49)47(43-38)34-18-16-30(24-33(34)40(51)46-22-19-28-12-8-10-14-31(28)26-46)39(50)44-54(53)32-17-15-27-11-7-9-13-29(27)23-32/h7-18,23-24H,3-6,19-22,25-26H2,1-2H3,(H,44,50)(H,48,49). The number of unbranched alkanes of at least 4 members (excludes halogenated alkanes) is 2. The van der Waals surface area contributed by atoms with Gasteiger partial charge in [-0.1, -0.05) is 92.9 Å². The molecular formula is C41H42ClN5O6S. The van der Waals surface area contributed by atoms with Crippen LogP contribution in [0, 0.1) is 0 Å². The number of aromatic nitrogens is 2. The maximum Gasteiger partial charge on any atom is 0.309 e. The van der Waals surface area contributed by atoms with Crippen molar-refractivity contribution in [2.45, 2.75) is 63.8 Å². The van der Waals surface area contributed by atoms with Crippen LogP contribution in [-0.4, -0.2) is 72.2 Å². The predicted molar refractivity (Wildman–Crippen MR) is 208 cm³/mol. The van der Waals surface area contributed by atoms with Gasteiger partial charge in [0, 0.05) is 31.7 Å². The topological polar surface area (TPSA) is 142 Å². The maximum absolute atomic E-state index is 14.5. The first-order valence-corrected chi connectivity index (χ1v) is 19.6. The molecule has 0 bridgehead atoms. The minimum absolute atomic E-state index is 0.0195. The van der Waals surface area contributed by atoms with Crippen molar-refractivity contribution in [2.75, 3.05) is 19.6 Å². The number of hydrogen-bond acceptors (Lipinski definition) is 6. The van der Waals surface area contributed by atoms with Crippen LogP contribution in [0.25, 0.3) is 16.5 Å². The third kappa shape index (κ3) is 8.40. The number of carboxylic acid groups (broad SMARTS) is 1. The Bertz CT molecular complexity index is 2250. The highest BCUT2D eigenvalue weighted by atomic mass is 35.5. The average molecular weight is 768 g/mol. The minimum Gasteiger partial charge on any atom is -0.481 e. The Balaban J connectivity index is 1.41. The van der Waals surface area contributed by atoms with Gasteiger partial charge >= 0.3 is 5.97 Å². The summed E-state index contributed by atoms with van der Waals surface area (Å²) in [6.07, 6.45) is 3.30. The molecule has 1 atom stereocenters. The van der Waals surface area contributed by atoms with Crippen molar-refractivity contribution >= 4 is 57.0 Å². The molecule has 0 spiro atoms. The second-order valence-corrected chi connectivity index (χ2v) is 14.9. The molecule has 2 heterocycles. The van der Waals surface area contributed by atoms with E-state index < -0.39 is 41.1 Å². The normalized spacial score (nSPS) is 13.0. The van der Waals surface area contributed by atoms with Gasteiger partial charge in [0.05, 0.1) is 33.3 Å². The van der Waals surface area contributed by atoms with Gasteiger partial charge in [0.1, 0.15) is 0 Å². The first kappa shape index (κ1) is 38.4. The van der Waals surface area contributed by atoms with Crippen molar-refractivity contribution in [3.05, 3.63) is 124 Å². The van der Waals surface area contributed by atoms with Gasteiger partial charge < -0.3 is 14.9 Å². The number of hydrogen-bond donors (Lipinski definition) is 2. The summed E-state index contributed by atoms with van der Waals surface area (Å²) in [7, 11) is -1.92. The number of carboxylic acids is 1. The molecule has 54 heavy (non-hydrogen) atoms. The smallest absolute Gasteiger partial charge is 0.309 e. The molecule has 280 valence electrons. The number of fused-ring (bicyclic) bond motifs is 2. The molecule has 1 aliphatic heterocycles. The van der Waals surface area contributed by atoms with E-state index in [2.05, 4.69) is 9.82 Å². The number of nitrogens with zero attached hydrogens (tertiary/aromatic N) is 4. The van der Waals surface area contributed by atoms with Crippen molar-refractivity contribution in [1.29, 1.82) is 0 Å². The third-order valence-corrected chi connectivity index (χ3v) is 11.0. The summed E-state index contributed by atoms with van der Waals surface area (Å²) in [6.45, 7) is 5.73. The molecule has 6 rings (SSSR count). The number of carbonyl (C=O) groups is 4. The summed E-state index contributed by atoms with van der Waals surface area (Å²) in [5.74, 6) is -2.76. The third-order valence-electron chi connectivity index (χ3n) is 9.54. The summed E-state index contributed by atoms with van der Waals surface area (Å²) in [5.41, 5.74) is 2.26. The number of benzene rings is 4. The van der Waals surface area contributed by atoms with Crippen LogP contribution in [0.15, 0.2) is 89.8 Å². The Morgan fingerprint density at radius 1 is 0.889 bits per heavy atom. The molecule has 0 saturated carbocycles. The highest BCUT2D eigenvalue weighted by molar-refractivity contribution is 7.83. The molecule has 5 aromatic rings. The van der Waals surface area contributed by atoms with Gasteiger partial charge in [-0.25, -0.2) is 8.89 Å². The molecule has 1 aromatic heterocycles. The minimum atomic E-state index is -1.92. The van der Waals surface area contributed by atoms with Crippen molar-refractivity contribution < 1.29 is 28.5 Å². The quantitative estimate of drug-likeness (QED) is 0.124. The van der Waals surface area contributed by atoms with E-state index in [4.69, 9.17) is 11.6 Å². The van der Waals surface area contributed by atoms with E-state index in [0.29, 0.717) is 37.5 Å². The Labute approximate surface area is 321 Å². The van der Waals surface area contributed by atoms with Crippen LogP contribution in [0.1, 0.15) is 87.6 Å². The molecule has 13 heteroatoms. The molecule has 0 radical (unpaired) electrons. The van der Waals surface area contributed by atoms with E-state index in [1.54, 1.807) is 21.9 Å². The monoisotopic (exact) mass is 767 g/mol. The van der Waals surface area contributed by atoms with Gasteiger partial charge in [-0.05, 0) is 71.5 Å². The van der Waals surface area contributed by atoms with Crippen LogP contribution in [0.3, 0.4) is 0 Å². The molecule has 11 nitrogen and oxygen atoms in total. The second kappa shape index (κ2) is 17.2. The highest BCUT2D eigenvalue weighted by Crippen LogP contribution is 2.30. The summed E-state index contributed by atoms with van der Waals surface area (Å²) >= 11 is 6.81. The van der Waals surface area contributed by atoms with E-state index in [9.17, 15) is 28.5 Å². The maximum atomic E-state index is 14.5. The molecule has 2 N–H and O–H groups in total. The van der Waals surface area contributed by atoms with Crippen LogP contribution < -0.4 is 4.72 Å². The fraction of sp³-hybridized carbons (Fsp3) is 0.293. The molecule has 0 saturated heterocycles. The van der Waals surface area contributed by atoms with Gasteiger partial charge in [-0.2, -0.15) is 5.10 Å². The SMILES string of the molecule is CCCCN(CCCC)C(=O)c1nn(-c2ccc(C(=O)NS(=O)c3ccc4ccccc4c3)cc2C(=O)N2CCc3ccccc3C2)c(CC(=O)O)c1Cl. The molecule has 1 unspecified atom stereocenters. The van der Waals surface area contributed by atoms with E-state index in [1.807, 2.05) is 68.4 Å². The summed E-state index contributed by atoms with van der Waals surface area (Å²) < 4.78 is 17.1. The van der Waals surface area contributed by atoms with Crippen LogP contribution in [0.2, 0.25) is 5.02 Å². The van der Waals surface area contributed by atoms with E-state index in [-0.39, 0.29) is 33.2 Å². The lowest BCUT2D eigenvalue weighted by Gasteiger charge is -2.29. The Kier molecular flexibility index (Phi) is 12.2. The lowest BCUT2D eigenvalue weighted by atomic mass is 9.98. The van der Waals surface area contributed by atoms with E-state index in [1.165, 1.54) is 22.9 Å². The fourth-order valence-corrected chi connectivity index (χ4v) is 7.68. The lowest BCUT2D eigenvalue weighted by Crippen LogP contribution is -2.37. The van der Waals surface area contributed by atoms with Crippen molar-refractivity contribution in [1.82, 2.24) is 24.3 Å². The largest absolute Gasteiger partial charge is 0.481 e. The molecular weight excluding hydrogens is 726 g/mol. The molecule has 4 aromatic carbocycles.